The second-order valence-corrected chi connectivity index (χ2v) is 4.69. The van der Waals surface area contributed by atoms with Gasteiger partial charge in [0.05, 0.1) is 5.92 Å². The van der Waals surface area contributed by atoms with Gasteiger partial charge in [0.15, 0.2) is 0 Å². The molecule has 1 N–H and O–H groups in total. The maximum Gasteiger partial charge on any atom is 0.311 e. The largest absolute Gasteiger partial charge is 0.481 e. The molecule has 1 aromatic heterocycles. The average Bonchev–Trinajstić information content (AvgIpc) is 2.80. The van der Waals surface area contributed by atoms with Gasteiger partial charge in [-0.3, -0.25) is 4.79 Å². The highest BCUT2D eigenvalue weighted by molar-refractivity contribution is 5.75. The molecule has 2 rings (SSSR count). The predicted molar refractivity (Wildman–Crippen MR) is 61.1 cm³/mol. The van der Waals surface area contributed by atoms with Crippen molar-refractivity contribution in [2.24, 2.45) is 5.92 Å². The van der Waals surface area contributed by atoms with Crippen LogP contribution >= 0.6 is 0 Å². The lowest BCUT2D eigenvalue weighted by Gasteiger charge is -2.16. The molecular formula is C13H16FNO2. The van der Waals surface area contributed by atoms with Crippen molar-refractivity contribution < 1.29 is 14.3 Å². The molecule has 3 nitrogen and oxygen atoms in total. The molecule has 1 unspecified atom stereocenters. The highest BCUT2D eigenvalue weighted by Crippen LogP contribution is 2.34. The van der Waals surface area contributed by atoms with Crippen LogP contribution in [0.1, 0.15) is 43.6 Å². The molecule has 1 aliphatic rings. The van der Waals surface area contributed by atoms with Gasteiger partial charge in [-0.15, -0.1) is 0 Å². The Labute approximate surface area is 99.7 Å². The number of hydrogen-bond donors (Lipinski definition) is 1. The van der Waals surface area contributed by atoms with Crippen molar-refractivity contribution >= 4 is 5.97 Å². The van der Waals surface area contributed by atoms with E-state index in [2.05, 4.69) is 4.98 Å². The number of hydrogen-bond acceptors (Lipinski definition) is 2. The fourth-order valence-electron chi connectivity index (χ4n) is 2.55. The molecule has 1 aliphatic carbocycles. The van der Waals surface area contributed by atoms with Crippen molar-refractivity contribution in [1.29, 1.82) is 0 Å². The molecule has 0 spiro atoms. The second-order valence-electron chi connectivity index (χ2n) is 4.69. The number of aliphatic carboxylic acids is 1. The van der Waals surface area contributed by atoms with E-state index in [0.29, 0.717) is 17.9 Å². The van der Waals surface area contributed by atoms with Crippen LogP contribution in [0.15, 0.2) is 18.3 Å². The summed E-state index contributed by atoms with van der Waals surface area (Å²) in [5.41, 5.74) is 0.603. The lowest BCUT2D eigenvalue weighted by Crippen LogP contribution is -2.15. The van der Waals surface area contributed by atoms with Gasteiger partial charge in [0.1, 0.15) is 0 Å². The topological polar surface area (TPSA) is 50.2 Å². The molecule has 0 aromatic carbocycles. The fraction of sp³-hybridized carbons (Fsp3) is 0.538. The zero-order valence-corrected chi connectivity index (χ0v) is 9.60. The van der Waals surface area contributed by atoms with Crippen LogP contribution in [0.3, 0.4) is 0 Å². The van der Waals surface area contributed by atoms with Gasteiger partial charge in [-0.05, 0) is 24.0 Å². The Morgan fingerprint density at radius 1 is 1.47 bits per heavy atom. The second kappa shape index (κ2) is 5.25. The molecule has 0 amide bonds. The van der Waals surface area contributed by atoms with E-state index in [1.807, 2.05) is 0 Å². The van der Waals surface area contributed by atoms with Gasteiger partial charge in [0.2, 0.25) is 5.95 Å². The van der Waals surface area contributed by atoms with Crippen LogP contribution in [0, 0.1) is 11.9 Å². The minimum atomic E-state index is -0.842. The first-order valence-electron chi connectivity index (χ1n) is 6.01. The van der Waals surface area contributed by atoms with Crippen molar-refractivity contribution in [2.45, 2.75) is 38.0 Å². The molecule has 1 heterocycles. The van der Waals surface area contributed by atoms with Gasteiger partial charge >= 0.3 is 5.97 Å². The molecule has 17 heavy (non-hydrogen) atoms. The molecule has 1 saturated carbocycles. The van der Waals surface area contributed by atoms with Crippen LogP contribution in [0.2, 0.25) is 0 Å². The maximum atomic E-state index is 12.7. The van der Waals surface area contributed by atoms with Gasteiger partial charge in [-0.2, -0.15) is 4.39 Å². The Balaban J connectivity index is 2.10. The van der Waals surface area contributed by atoms with Crippen molar-refractivity contribution in [1.82, 2.24) is 4.98 Å². The molecule has 1 fully saturated rings. The van der Waals surface area contributed by atoms with Gasteiger partial charge in [-0.1, -0.05) is 31.7 Å². The number of pyridine rings is 1. The van der Waals surface area contributed by atoms with Crippen molar-refractivity contribution in [2.75, 3.05) is 0 Å². The molecule has 1 aromatic rings. The number of carboxylic acid groups (broad SMARTS) is 1. The first-order valence-corrected chi connectivity index (χ1v) is 6.01. The summed E-state index contributed by atoms with van der Waals surface area (Å²) in [6.45, 7) is 0. The number of nitrogens with zero attached hydrogens (tertiary/aromatic N) is 1. The van der Waals surface area contributed by atoms with E-state index in [0.717, 1.165) is 12.8 Å². The zero-order valence-electron chi connectivity index (χ0n) is 9.60. The Bertz CT molecular complexity index is 385. The van der Waals surface area contributed by atoms with E-state index in [9.17, 15) is 14.3 Å². The molecular weight excluding hydrogens is 221 g/mol. The number of carboxylic acids is 1. The number of carbonyl (C=O) groups is 1. The summed E-state index contributed by atoms with van der Waals surface area (Å²) < 4.78 is 12.7. The highest BCUT2D eigenvalue weighted by atomic mass is 19.1. The summed E-state index contributed by atoms with van der Waals surface area (Å²) >= 11 is 0. The van der Waals surface area contributed by atoms with Gasteiger partial charge < -0.3 is 5.11 Å². The third kappa shape index (κ3) is 3.02. The molecule has 0 bridgehead atoms. The van der Waals surface area contributed by atoms with E-state index in [-0.39, 0.29) is 0 Å². The van der Waals surface area contributed by atoms with E-state index in [1.165, 1.54) is 31.2 Å². The van der Waals surface area contributed by atoms with Crippen molar-refractivity contribution in [3.63, 3.8) is 0 Å². The lowest BCUT2D eigenvalue weighted by atomic mass is 9.89. The van der Waals surface area contributed by atoms with Crippen molar-refractivity contribution in [3.8, 4) is 0 Å². The standard InChI is InChI=1S/C13H16FNO2/c14-12-6-5-10(8-15-12)11(13(16)17)7-9-3-1-2-4-9/h5-6,8-9,11H,1-4,7H2,(H,16,17). The van der Waals surface area contributed by atoms with Gasteiger partial charge in [0.25, 0.3) is 0 Å². The SMILES string of the molecule is O=C(O)C(CC1CCCC1)c1ccc(F)nc1. The van der Waals surface area contributed by atoms with Crippen LogP contribution in [-0.4, -0.2) is 16.1 Å². The molecule has 1 atom stereocenters. The molecule has 0 aliphatic heterocycles. The molecule has 0 radical (unpaired) electrons. The monoisotopic (exact) mass is 237 g/mol. The summed E-state index contributed by atoms with van der Waals surface area (Å²) in [5.74, 6) is -1.48. The van der Waals surface area contributed by atoms with E-state index in [4.69, 9.17) is 0 Å². The summed E-state index contributed by atoms with van der Waals surface area (Å²) in [6, 6.07) is 2.75. The van der Waals surface area contributed by atoms with Gasteiger partial charge in [-0.25, -0.2) is 4.98 Å². The lowest BCUT2D eigenvalue weighted by molar-refractivity contribution is -0.139. The Kier molecular flexibility index (Phi) is 3.71. The first-order chi connectivity index (χ1) is 8.16. The Hall–Kier alpha value is -1.45. The summed E-state index contributed by atoms with van der Waals surface area (Å²) in [7, 11) is 0. The smallest absolute Gasteiger partial charge is 0.311 e. The number of aromatic nitrogens is 1. The predicted octanol–water partition coefficient (Wildman–Crippen LogP) is 2.97. The van der Waals surface area contributed by atoms with E-state index in [1.54, 1.807) is 0 Å². The van der Waals surface area contributed by atoms with Crippen LogP contribution in [0.25, 0.3) is 0 Å². The van der Waals surface area contributed by atoms with Crippen LogP contribution < -0.4 is 0 Å². The Morgan fingerprint density at radius 3 is 2.71 bits per heavy atom. The zero-order chi connectivity index (χ0) is 12.3. The normalized spacial score (nSPS) is 18.2. The maximum absolute atomic E-state index is 12.7. The molecule has 0 saturated heterocycles. The minimum Gasteiger partial charge on any atom is -0.481 e. The summed E-state index contributed by atoms with van der Waals surface area (Å²) in [5, 5.41) is 9.23. The molecule has 92 valence electrons. The van der Waals surface area contributed by atoms with E-state index >= 15 is 0 Å². The number of rotatable bonds is 4. The highest BCUT2D eigenvalue weighted by Gasteiger charge is 2.26. The minimum absolute atomic E-state index is 0.487. The third-order valence-electron chi connectivity index (χ3n) is 3.49. The van der Waals surface area contributed by atoms with Crippen molar-refractivity contribution in [3.05, 3.63) is 29.8 Å². The van der Waals surface area contributed by atoms with Gasteiger partial charge in [0, 0.05) is 6.20 Å². The summed E-state index contributed by atoms with van der Waals surface area (Å²) in [6.07, 6.45) is 6.58. The third-order valence-corrected chi connectivity index (χ3v) is 3.49. The Morgan fingerprint density at radius 2 is 2.18 bits per heavy atom. The summed E-state index contributed by atoms with van der Waals surface area (Å²) in [4.78, 5) is 14.8. The first kappa shape index (κ1) is 12.0. The van der Waals surface area contributed by atoms with Crippen LogP contribution in [0.5, 0.6) is 0 Å². The fourth-order valence-corrected chi connectivity index (χ4v) is 2.55. The van der Waals surface area contributed by atoms with E-state index < -0.39 is 17.8 Å². The number of halogens is 1. The molecule has 4 heteroatoms. The van der Waals surface area contributed by atoms with Crippen LogP contribution in [-0.2, 0) is 4.79 Å². The van der Waals surface area contributed by atoms with Crippen LogP contribution in [0.4, 0.5) is 4.39 Å². The average molecular weight is 237 g/mol. The quantitative estimate of drug-likeness (QED) is 0.819.